The van der Waals surface area contributed by atoms with Crippen molar-refractivity contribution in [2.45, 2.75) is 20.4 Å². The van der Waals surface area contributed by atoms with Gasteiger partial charge in [0.05, 0.1) is 22.9 Å². The molecule has 7 nitrogen and oxygen atoms in total. The summed E-state index contributed by atoms with van der Waals surface area (Å²) in [7, 11) is 0. The molecule has 0 bridgehead atoms. The molecule has 1 aromatic carbocycles. The molecule has 0 atom stereocenters. The van der Waals surface area contributed by atoms with Crippen LogP contribution in [0.15, 0.2) is 24.4 Å². The summed E-state index contributed by atoms with van der Waals surface area (Å²) in [6, 6.07) is 3.34. The van der Waals surface area contributed by atoms with Crippen LogP contribution in [0.2, 0.25) is 0 Å². The van der Waals surface area contributed by atoms with Crippen LogP contribution >= 0.6 is 0 Å². The molecule has 0 amide bonds. The van der Waals surface area contributed by atoms with Gasteiger partial charge in [0.15, 0.2) is 0 Å². The zero-order valence-corrected chi connectivity index (χ0v) is 11.8. The Kier molecular flexibility index (Phi) is 4.59. The van der Waals surface area contributed by atoms with Gasteiger partial charge in [-0.3, -0.25) is 10.1 Å². The lowest BCUT2D eigenvalue weighted by Crippen LogP contribution is -2.19. The van der Waals surface area contributed by atoms with Gasteiger partial charge in [0.25, 0.3) is 5.69 Å². The molecular weight excluding hydrogens is 277 g/mol. The number of nitro benzene ring substituents is 1. The monoisotopic (exact) mass is 293 g/mol. The number of benzene rings is 1. The summed E-state index contributed by atoms with van der Waals surface area (Å²) >= 11 is 0. The van der Waals surface area contributed by atoms with Crippen LogP contribution in [0.4, 0.5) is 10.1 Å². The fraction of sp³-hybridized carbons (Fsp3) is 0.385. The van der Waals surface area contributed by atoms with Crippen LogP contribution in [0, 0.1) is 21.8 Å². The molecule has 1 aromatic heterocycles. The molecule has 0 saturated carbocycles. The maximum absolute atomic E-state index is 13.1. The molecule has 112 valence electrons. The maximum Gasteiger partial charge on any atom is 0.297 e. The molecule has 1 heterocycles. The summed E-state index contributed by atoms with van der Waals surface area (Å²) in [6.07, 6.45) is 1.59. The van der Waals surface area contributed by atoms with Crippen LogP contribution < -0.4 is 5.32 Å². The van der Waals surface area contributed by atoms with E-state index in [0.717, 1.165) is 18.7 Å². The predicted octanol–water partition coefficient (Wildman–Crippen LogP) is 2.06. The van der Waals surface area contributed by atoms with Crippen LogP contribution in [0.1, 0.15) is 19.5 Å². The van der Waals surface area contributed by atoms with E-state index < -0.39 is 10.7 Å². The fourth-order valence-corrected chi connectivity index (χ4v) is 1.82. The Morgan fingerprint density at radius 2 is 2.24 bits per heavy atom. The average Bonchev–Trinajstić information content (AvgIpc) is 2.86. The van der Waals surface area contributed by atoms with E-state index in [4.69, 9.17) is 0 Å². The first-order valence-electron chi connectivity index (χ1n) is 6.53. The molecule has 0 aliphatic rings. The van der Waals surface area contributed by atoms with Crippen LogP contribution in [-0.2, 0) is 6.54 Å². The lowest BCUT2D eigenvalue weighted by molar-refractivity contribution is -0.384. The molecular formula is C13H16FN5O2. The Hall–Kier alpha value is -2.35. The summed E-state index contributed by atoms with van der Waals surface area (Å²) in [5.74, 6) is -0.150. The number of aromatic nitrogens is 3. The second-order valence-electron chi connectivity index (χ2n) is 5.07. The van der Waals surface area contributed by atoms with Crippen molar-refractivity contribution in [3.05, 3.63) is 46.0 Å². The molecule has 0 aliphatic heterocycles. The maximum atomic E-state index is 13.1. The van der Waals surface area contributed by atoms with Gasteiger partial charge in [-0.2, -0.15) is 0 Å². The zero-order valence-electron chi connectivity index (χ0n) is 11.8. The Bertz CT molecular complexity index is 641. The van der Waals surface area contributed by atoms with E-state index in [1.54, 1.807) is 6.20 Å². The second kappa shape index (κ2) is 6.40. The van der Waals surface area contributed by atoms with E-state index >= 15 is 0 Å². The first-order valence-corrected chi connectivity index (χ1v) is 6.53. The van der Waals surface area contributed by atoms with Gasteiger partial charge in [-0.25, -0.2) is 9.07 Å². The molecule has 8 heteroatoms. The first-order chi connectivity index (χ1) is 9.97. The van der Waals surface area contributed by atoms with Crippen LogP contribution in [0.5, 0.6) is 0 Å². The number of nitro groups is 1. The summed E-state index contributed by atoms with van der Waals surface area (Å²) in [5.41, 5.74) is 0.500. The molecule has 2 aromatic rings. The summed E-state index contributed by atoms with van der Waals surface area (Å²) in [4.78, 5) is 10.3. The quantitative estimate of drug-likeness (QED) is 0.651. The predicted molar refractivity (Wildman–Crippen MR) is 74.5 cm³/mol. The molecule has 0 spiro atoms. The minimum Gasteiger partial charge on any atom is -0.311 e. The van der Waals surface area contributed by atoms with Crippen LogP contribution in [0.25, 0.3) is 5.69 Å². The lowest BCUT2D eigenvalue weighted by atomic mass is 10.2. The lowest BCUT2D eigenvalue weighted by Gasteiger charge is -2.04. The number of hydrogen-bond acceptors (Lipinski definition) is 5. The van der Waals surface area contributed by atoms with Gasteiger partial charge < -0.3 is 5.32 Å². The van der Waals surface area contributed by atoms with E-state index in [-0.39, 0.29) is 11.4 Å². The van der Waals surface area contributed by atoms with Crippen molar-refractivity contribution < 1.29 is 9.31 Å². The SMILES string of the molecule is CC(C)CNCc1cn(-c2ccc(F)cc2[N+](=O)[O-])nn1. The topological polar surface area (TPSA) is 85.9 Å². The van der Waals surface area contributed by atoms with Crippen LogP contribution in [-0.4, -0.2) is 26.5 Å². The number of hydrogen-bond donors (Lipinski definition) is 1. The fourth-order valence-electron chi connectivity index (χ4n) is 1.82. The molecule has 2 rings (SSSR count). The molecule has 21 heavy (non-hydrogen) atoms. The minimum absolute atomic E-state index is 0.184. The van der Waals surface area contributed by atoms with E-state index in [9.17, 15) is 14.5 Å². The number of nitrogens with zero attached hydrogens (tertiary/aromatic N) is 4. The number of rotatable bonds is 6. The summed E-state index contributed by atoms with van der Waals surface area (Å²) in [6.45, 7) is 5.54. The molecule has 0 saturated heterocycles. The Morgan fingerprint density at radius 3 is 2.90 bits per heavy atom. The van der Waals surface area contributed by atoms with Crippen molar-refractivity contribution in [2.24, 2.45) is 5.92 Å². The average molecular weight is 293 g/mol. The Balaban J connectivity index is 2.19. The highest BCUT2D eigenvalue weighted by molar-refractivity contribution is 5.51. The highest BCUT2D eigenvalue weighted by atomic mass is 19.1. The van der Waals surface area contributed by atoms with Crippen molar-refractivity contribution >= 4 is 5.69 Å². The molecule has 0 radical (unpaired) electrons. The van der Waals surface area contributed by atoms with E-state index in [1.165, 1.54) is 10.7 Å². The Labute approximate surface area is 120 Å². The van der Waals surface area contributed by atoms with Crippen molar-refractivity contribution in [3.63, 3.8) is 0 Å². The third-order valence-electron chi connectivity index (χ3n) is 2.78. The highest BCUT2D eigenvalue weighted by Gasteiger charge is 2.17. The Morgan fingerprint density at radius 1 is 1.48 bits per heavy atom. The molecule has 0 aliphatic carbocycles. The standard InChI is InChI=1S/C13H16FN5O2/c1-9(2)6-15-7-11-8-18(17-16-11)12-4-3-10(14)5-13(12)19(20)21/h3-5,8-9,15H,6-7H2,1-2H3. The van der Waals surface area contributed by atoms with Gasteiger partial charge in [0.1, 0.15) is 11.5 Å². The second-order valence-corrected chi connectivity index (χ2v) is 5.07. The third kappa shape index (κ3) is 3.82. The van der Waals surface area contributed by atoms with Crippen molar-refractivity contribution in [3.8, 4) is 5.69 Å². The normalized spacial score (nSPS) is 11.0. The van der Waals surface area contributed by atoms with Gasteiger partial charge in [-0.1, -0.05) is 19.1 Å². The van der Waals surface area contributed by atoms with E-state index in [2.05, 4.69) is 29.5 Å². The van der Waals surface area contributed by atoms with Crippen molar-refractivity contribution in [1.82, 2.24) is 20.3 Å². The summed E-state index contributed by atoms with van der Waals surface area (Å²) < 4.78 is 14.4. The molecule has 0 unspecified atom stereocenters. The largest absolute Gasteiger partial charge is 0.311 e. The minimum atomic E-state index is -0.663. The first kappa shape index (κ1) is 15.0. The van der Waals surface area contributed by atoms with Gasteiger partial charge in [-0.05, 0) is 24.6 Å². The van der Waals surface area contributed by atoms with Gasteiger partial charge in [0, 0.05) is 6.54 Å². The third-order valence-corrected chi connectivity index (χ3v) is 2.78. The summed E-state index contributed by atoms with van der Waals surface area (Å²) in [5, 5.41) is 22.0. The smallest absolute Gasteiger partial charge is 0.297 e. The number of nitrogens with one attached hydrogen (secondary N) is 1. The van der Waals surface area contributed by atoms with Gasteiger partial charge >= 0.3 is 0 Å². The zero-order chi connectivity index (χ0) is 15.4. The molecule has 0 fully saturated rings. The highest BCUT2D eigenvalue weighted by Crippen LogP contribution is 2.23. The van der Waals surface area contributed by atoms with Crippen molar-refractivity contribution in [1.29, 1.82) is 0 Å². The van der Waals surface area contributed by atoms with Gasteiger partial charge in [0.2, 0.25) is 0 Å². The number of halogens is 1. The van der Waals surface area contributed by atoms with Crippen LogP contribution in [0.3, 0.4) is 0 Å². The van der Waals surface area contributed by atoms with Gasteiger partial charge in [-0.15, -0.1) is 5.10 Å². The van der Waals surface area contributed by atoms with E-state index in [0.29, 0.717) is 18.2 Å². The van der Waals surface area contributed by atoms with E-state index in [1.807, 2.05) is 0 Å². The molecule has 1 N–H and O–H groups in total. The van der Waals surface area contributed by atoms with Crippen molar-refractivity contribution in [2.75, 3.05) is 6.54 Å².